The van der Waals surface area contributed by atoms with Gasteiger partial charge in [0.2, 0.25) is 5.91 Å². The Hall–Kier alpha value is -3.67. The minimum Gasteiger partial charge on any atom is -0.404 e. The maximum absolute atomic E-state index is 13.3. The van der Waals surface area contributed by atoms with Crippen molar-refractivity contribution in [3.05, 3.63) is 48.3 Å². The first-order chi connectivity index (χ1) is 17.0. The Morgan fingerprint density at radius 2 is 1.92 bits per heavy atom. The quantitative estimate of drug-likeness (QED) is 0.579. The van der Waals surface area contributed by atoms with Gasteiger partial charge >= 0.3 is 12.4 Å². The molecule has 1 aromatic heterocycles. The molecule has 12 heteroatoms. The summed E-state index contributed by atoms with van der Waals surface area (Å²) in [6, 6.07) is 5.51. The van der Waals surface area contributed by atoms with E-state index in [2.05, 4.69) is 20.4 Å². The van der Waals surface area contributed by atoms with Crippen LogP contribution in [0.2, 0.25) is 0 Å². The Kier molecular flexibility index (Phi) is 6.90. The van der Waals surface area contributed by atoms with Crippen LogP contribution in [0.25, 0.3) is 0 Å². The third-order valence-electron chi connectivity index (χ3n) is 6.25. The van der Waals surface area contributed by atoms with Crippen LogP contribution in [0.1, 0.15) is 38.7 Å². The number of alkyl halides is 3. The third-order valence-corrected chi connectivity index (χ3v) is 6.25. The number of ether oxygens (including phenoxy) is 1. The van der Waals surface area contributed by atoms with E-state index in [4.69, 9.17) is 0 Å². The van der Waals surface area contributed by atoms with Crippen LogP contribution in [0.5, 0.6) is 5.75 Å². The first kappa shape index (κ1) is 25.4. The minimum atomic E-state index is -5.01. The van der Waals surface area contributed by atoms with E-state index in [9.17, 15) is 27.6 Å². The van der Waals surface area contributed by atoms with Gasteiger partial charge in [0.15, 0.2) is 5.75 Å². The number of anilines is 2. The van der Waals surface area contributed by atoms with Crippen molar-refractivity contribution in [1.82, 2.24) is 15.2 Å². The summed E-state index contributed by atoms with van der Waals surface area (Å²) in [4.78, 5) is 45.6. The van der Waals surface area contributed by atoms with E-state index in [0.29, 0.717) is 13.0 Å². The number of carbonyl (C=O) groups is 3. The van der Waals surface area contributed by atoms with E-state index in [1.165, 1.54) is 11.0 Å². The van der Waals surface area contributed by atoms with E-state index in [0.717, 1.165) is 35.4 Å². The summed E-state index contributed by atoms with van der Waals surface area (Å²) in [5.74, 6) is -1.74. The SMILES string of the molecule is CC1(C)C(=O)N(c2ccc(OC(F)(F)F)c(NC(=O)[C@@H]3CCCCN3)c2)C(=O)N1Cc1ccncc1. The van der Waals surface area contributed by atoms with Crippen LogP contribution in [0.4, 0.5) is 29.3 Å². The Bertz CT molecular complexity index is 1150. The zero-order valence-electron chi connectivity index (χ0n) is 19.8. The Labute approximate surface area is 205 Å². The monoisotopic (exact) mass is 505 g/mol. The van der Waals surface area contributed by atoms with Crippen molar-refractivity contribution in [2.75, 3.05) is 16.8 Å². The number of nitrogens with zero attached hydrogens (tertiary/aromatic N) is 3. The van der Waals surface area contributed by atoms with Gasteiger partial charge in [-0.2, -0.15) is 0 Å². The lowest BCUT2D eigenvalue weighted by molar-refractivity contribution is -0.274. The third kappa shape index (κ3) is 5.27. The Balaban J connectivity index is 1.65. The molecule has 0 saturated carbocycles. The molecule has 1 aromatic carbocycles. The molecular weight excluding hydrogens is 479 g/mol. The number of amides is 4. The highest BCUT2D eigenvalue weighted by Gasteiger charge is 2.52. The molecular formula is C24H26F3N5O4. The van der Waals surface area contributed by atoms with Crippen molar-refractivity contribution in [3.63, 3.8) is 0 Å². The average molecular weight is 505 g/mol. The number of aromatic nitrogens is 1. The van der Waals surface area contributed by atoms with Crippen molar-refractivity contribution in [2.45, 2.75) is 57.6 Å². The number of halogens is 3. The number of hydrogen-bond acceptors (Lipinski definition) is 6. The number of nitrogens with one attached hydrogen (secondary N) is 2. The van der Waals surface area contributed by atoms with E-state index in [1.54, 1.807) is 38.4 Å². The normalized spacial score (nSPS) is 20.0. The molecule has 4 amide bonds. The predicted molar refractivity (Wildman–Crippen MR) is 124 cm³/mol. The van der Waals surface area contributed by atoms with Gasteiger partial charge in [0.1, 0.15) is 5.54 Å². The molecule has 1 atom stereocenters. The lowest BCUT2D eigenvalue weighted by Crippen LogP contribution is -2.43. The average Bonchev–Trinajstić information content (AvgIpc) is 3.00. The van der Waals surface area contributed by atoms with Gasteiger partial charge in [-0.25, -0.2) is 9.69 Å². The molecule has 2 aromatic rings. The number of pyridine rings is 1. The van der Waals surface area contributed by atoms with Gasteiger partial charge in [-0.3, -0.25) is 14.6 Å². The van der Waals surface area contributed by atoms with Crippen LogP contribution in [-0.4, -0.2) is 52.2 Å². The summed E-state index contributed by atoms with van der Waals surface area (Å²) in [5.41, 5.74) is -0.760. The summed E-state index contributed by atoms with van der Waals surface area (Å²) < 4.78 is 43.2. The van der Waals surface area contributed by atoms with E-state index in [1.807, 2.05) is 0 Å². The first-order valence-corrected chi connectivity index (χ1v) is 11.5. The largest absolute Gasteiger partial charge is 0.573 e. The van der Waals surface area contributed by atoms with Gasteiger partial charge in [0.25, 0.3) is 5.91 Å². The van der Waals surface area contributed by atoms with Crippen LogP contribution < -0.4 is 20.3 Å². The number of carbonyl (C=O) groups excluding carboxylic acids is 3. The highest BCUT2D eigenvalue weighted by atomic mass is 19.4. The first-order valence-electron chi connectivity index (χ1n) is 11.5. The Morgan fingerprint density at radius 1 is 1.19 bits per heavy atom. The van der Waals surface area contributed by atoms with Gasteiger partial charge in [0.05, 0.1) is 17.4 Å². The molecule has 0 unspecified atom stereocenters. The molecule has 36 heavy (non-hydrogen) atoms. The van der Waals surface area contributed by atoms with E-state index < -0.39 is 41.5 Å². The second kappa shape index (κ2) is 9.76. The van der Waals surface area contributed by atoms with Crippen LogP contribution in [0.15, 0.2) is 42.7 Å². The number of benzene rings is 1. The summed E-state index contributed by atoms with van der Waals surface area (Å²) in [7, 11) is 0. The van der Waals surface area contributed by atoms with Crippen molar-refractivity contribution in [3.8, 4) is 5.75 Å². The summed E-state index contributed by atoms with van der Waals surface area (Å²) >= 11 is 0. The van der Waals surface area contributed by atoms with Gasteiger partial charge in [-0.15, -0.1) is 13.2 Å². The molecule has 0 bridgehead atoms. The van der Waals surface area contributed by atoms with Gasteiger partial charge < -0.3 is 20.3 Å². The summed E-state index contributed by atoms with van der Waals surface area (Å²) in [6.07, 6.45) is 0.355. The minimum absolute atomic E-state index is 0.0109. The smallest absolute Gasteiger partial charge is 0.404 e. The van der Waals surface area contributed by atoms with Crippen LogP contribution in [-0.2, 0) is 16.1 Å². The molecule has 2 aliphatic rings. The molecule has 2 fully saturated rings. The molecule has 2 aliphatic heterocycles. The fourth-order valence-electron chi connectivity index (χ4n) is 4.26. The molecule has 2 N–H and O–H groups in total. The van der Waals surface area contributed by atoms with Gasteiger partial charge in [0, 0.05) is 18.9 Å². The van der Waals surface area contributed by atoms with Gasteiger partial charge in [-0.05, 0) is 69.1 Å². The molecule has 192 valence electrons. The molecule has 9 nitrogen and oxygen atoms in total. The summed E-state index contributed by atoms with van der Waals surface area (Å²) in [6.45, 7) is 3.92. The summed E-state index contributed by atoms with van der Waals surface area (Å²) in [5, 5.41) is 5.50. The number of piperidine rings is 1. The zero-order valence-corrected chi connectivity index (χ0v) is 19.8. The van der Waals surface area contributed by atoms with Gasteiger partial charge in [-0.1, -0.05) is 6.42 Å². The number of urea groups is 1. The molecule has 4 rings (SSSR count). The number of rotatable bonds is 6. The Morgan fingerprint density at radius 3 is 2.56 bits per heavy atom. The molecule has 3 heterocycles. The lowest BCUT2D eigenvalue weighted by atomic mass is 10.0. The standard InChI is InChI=1S/C24H26F3N5O4/c1-23(2)21(34)32(22(35)31(23)14-15-8-11-28-12-9-15)16-6-7-19(36-24(25,26)27)18(13-16)30-20(33)17-5-3-4-10-29-17/h6-9,11-13,17,29H,3-5,10,14H2,1-2H3,(H,30,33)/t17-/m0/s1. The number of hydrogen-bond donors (Lipinski definition) is 2. The zero-order chi connectivity index (χ0) is 26.1. The van der Waals surface area contributed by atoms with Crippen LogP contribution in [0.3, 0.4) is 0 Å². The van der Waals surface area contributed by atoms with Crippen molar-refractivity contribution in [1.29, 1.82) is 0 Å². The maximum Gasteiger partial charge on any atom is 0.573 e. The highest BCUT2D eigenvalue weighted by Crippen LogP contribution is 2.38. The fourth-order valence-corrected chi connectivity index (χ4v) is 4.26. The maximum atomic E-state index is 13.3. The lowest BCUT2D eigenvalue weighted by Gasteiger charge is -2.27. The second-order valence-electron chi connectivity index (χ2n) is 9.14. The van der Waals surface area contributed by atoms with Crippen LogP contribution >= 0.6 is 0 Å². The molecule has 0 aliphatic carbocycles. The fraction of sp³-hybridized carbons (Fsp3) is 0.417. The van der Waals surface area contributed by atoms with Crippen molar-refractivity contribution in [2.24, 2.45) is 0 Å². The predicted octanol–water partition coefficient (Wildman–Crippen LogP) is 3.81. The van der Waals surface area contributed by atoms with Crippen molar-refractivity contribution >= 4 is 29.2 Å². The second-order valence-corrected chi connectivity index (χ2v) is 9.14. The van der Waals surface area contributed by atoms with Crippen molar-refractivity contribution < 1.29 is 32.3 Å². The number of imide groups is 1. The topological polar surface area (TPSA) is 104 Å². The molecule has 0 spiro atoms. The highest BCUT2D eigenvalue weighted by molar-refractivity contribution is 6.23. The van der Waals surface area contributed by atoms with E-state index >= 15 is 0 Å². The van der Waals surface area contributed by atoms with Crippen LogP contribution in [0, 0.1) is 0 Å². The molecule has 2 saturated heterocycles. The van der Waals surface area contributed by atoms with E-state index in [-0.39, 0.29) is 17.9 Å². The molecule has 0 radical (unpaired) electrons.